The van der Waals surface area contributed by atoms with Crippen molar-refractivity contribution in [1.29, 1.82) is 0 Å². The van der Waals surface area contributed by atoms with Gasteiger partial charge in [0.2, 0.25) is 0 Å². The molecule has 0 radical (unpaired) electrons. The number of aliphatic carboxylic acids is 1. The number of aliphatic hydroxyl groups is 1. The Morgan fingerprint density at radius 3 is 2.77 bits per heavy atom. The minimum absolute atomic E-state index is 0.285. The van der Waals surface area contributed by atoms with Crippen LogP contribution in [-0.2, 0) is 11.8 Å². The number of hydrogen-bond donors (Lipinski definition) is 2. The Morgan fingerprint density at radius 1 is 1.77 bits per heavy atom. The highest BCUT2D eigenvalue weighted by Gasteiger charge is 2.16. The fraction of sp³-hybridized carbons (Fsp3) is 0.500. The molecular weight excluding hydrogens is 172 g/mol. The zero-order valence-corrected chi connectivity index (χ0v) is 7.56. The summed E-state index contributed by atoms with van der Waals surface area (Å²) in [5.41, 5.74) is 1.36. The maximum absolute atomic E-state index is 10.3. The number of nitrogens with zero attached hydrogens (tertiary/aromatic N) is 2. The number of rotatable bonds is 3. The minimum Gasteiger partial charge on any atom is -0.481 e. The van der Waals surface area contributed by atoms with Crippen molar-refractivity contribution in [1.82, 2.24) is 9.78 Å². The molecule has 13 heavy (non-hydrogen) atoms. The van der Waals surface area contributed by atoms with Gasteiger partial charge in [-0.15, -0.1) is 0 Å². The molecule has 0 amide bonds. The number of aliphatic hydroxyl groups excluding tert-OH is 1. The summed E-state index contributed by atoms with van der Waals surface area (Å²) in [7, 11) is 1.74. The number of hydrogen-bond acceptors (Lipinski definition) is 3. The Hall–Kier alpha value is -1.36. The van der Waals surface area contributed by atoms with Gasteiger partial charge in [0.1, 0.15) is 0 Å². The molecule has 1 aromatic rings. The predicted molar refractivity (Wildman–Crippen MR) is 45.2 cm³/mol. The molecule has 0 aliphatic carbocycles. The van der Waals surface area contributed by atoms with Crippen molar-refractivity contribution in [2.45, 2.75) is 19.4 Å². The van der Waals surface area contributed by atoms with Crippen molar-refractivity contribution in [3.63, 3.8) is 0 Å². The topological polar surface area (TPSA) is 75.3 Å². The van der Waals surface area contributed by atoms with Gasteiger partial charge in [-0.05, 0) is 6.92 Å². The molecule has 0 spiro atoms. The zero-order chi connectivity index (χ0) is 10.0. The van der Waals surface area contributed by atoms with Gasteiger partial charge >= 0.3 is 5.97 Å². The fourth-order valence-electron chi connectivity index (χ4n) is 1.12. The van der Waals surface area contributed by atoms with Gasteiger partial charge in [0, 0.05) is 18.3 Å². The molecule has 1 rings (SSSR count). The quantitative estimate of drug-likeness (QED) is 0.705. The van der Waals surface area contributed by atoms with Crippen LogP contribution < -0.4 is 0 Å². The number of carbonyl (C=O) groups is 1. The van der Waals surface area contributed by atoms with E-state index in [1.165, 1.54) is 6.20 Å². The van der Waals surface area contributed by atoms with E-state index in [-0.39, 0.29) is 6.42 Å². The Bertz CT molecular complexity index is 319. The maximum atomic E-state index is 10.3. The summed E-state index contributed by atoms with van der Waals surface area (Å²) >= 11 is 0. The normalized spacial score (nSPS) is 12.8. The summed E-state index contributed by atoms with van der Waals surface area (Å²) in [5, 5.41) is 21.8. The smallest absolute Gasteiger partial charge is 0.306 e. The van der Waals surface area contributed by atoms with E-state index >= 15 is 0 Å². The maximum Gasteiger partial charge on any atom is 0.306 e. The summed E-state index contributed by atoms with van der Waals surface area (Å²) in [5.74, 6) is -1.02. The number of aryl methyl sites for hydroxylation is 1. The lowest BCUT2D eigenvalue weighted by molar-refractivity contribution is -0.139. The molecular formula is C8H12N2O3. The zero-order valence-electron chi connectivity index (χ0n) is 7.56. The first-order valence-corrected chi connectivity index (χ1v) is 3.90. The second-order valence-corrected chi connectivity index (χ2v) is 2.92. The molecule has 1 aromatic heterocycles. The van der Waals surface area contributed by atoms with Gasteiger partial charge < -0.3 is 10.2 Å². The van der Waals surface area contributed by atoms with Crippen LogP contribution in [0.2, 0.25) is 0 Å². The Morgan fingerprint density at radius 2 is 2.38 bits per heavy atom. The van der Waals surface area contributed by atoms with E-state index in [1.807, 2.05) is 0 Å². The van der Waals surface area contributed by atoms with Crippen molar-refractivity contribution < 1.29 is 15.0 Å². The molecule has 0 aliphatic heterocycles. The van der Waals surface area contributed by atoms with Gasteiger partial charge in [-0.1, -0.05) is 0 Å². The Kier molecular flexibility index (Phi) is 2.67. The minimum atomic E-state index is -1.02. The van der Waals surface area contributed by atoms with E-state index in [9.17, 15) is 9.90 Å². The van der Waals surface area contributed by atoms with Crippen LogP contribution in [0.15, 0.2) is 6.20 Å². The van der Waals surface area contributed by atoms with Crippen LogP contribution in [0.1, 0.15) is 23.8 Å². The summed E-state index contributed by atoms with van der Waals surface area (Å²) < 4.78 is 1.60. The molecule has 0 bridgehead atoms. The molecule has 5 heteroatoms. The standard InChI is InChI=1S/C8H12N2O3/c1-5-6(4-9-10(5)2)7(11)3-8(12)13/h4,7,11H,3H2,1-2H3,(H,12,13)/t7-/m0/s1. The second-order valence-electron chi connectivity index (χ2n) is 2.92. The molecule has 1 heterocycles. The van der Waals surface area contributed by atoms with E-state index in [4.69, 9.17) is 5.11 Å². The van der Waals surface area contributed by atoms with E-state index < -0.39 is 12.1 Å². The Balaban J connectivity index is 2.82. The Labute approximate surface area is 75.6 Å². The molecule has 5 nitrogen and oxygen atoms in total. The SMILES string of the molecule is Cc1c([C@@H](O)CC(=O)O)cnn1C. The van der Waals surface area contributed by atoms with Crippen LogP contribution in [0.3, 0.4) is 0 Å². The molecule has 0 unspecified atom stereocenters. The van der Waals surface area contributed by atoms with Crippen LogP contribution in [-0.4, -0.2) is 26.0 Å². The van der Waals surface area contributed by atoms with Crippen molar-refractivity contribution in [2.75, 3.05) is 0 Å². The summed E-state index contributed by atoms with van der Waals surface area (Å²) in [6, 6.07) is 0. The van der Waals surface area contributed by atoms with Crippen LogP contribution in [0.4, 0.5) is 0 Å². The van der Waals surface area contributed by atoms with Gasteiger partial charge in [0.25, 0.3) is 0 Å². The van der Waals surface area contributed by atoms with Crippen LogP contribution in [0, 0.1) is 6.92 Å². The molecule has 1 atom stereocenters. The van der Waals surface area contributed by atoms with Crippen molar-refractivity contribution in [3.05, 3.63) is 17.5 Å². The predicted octanol–water partition coefficient (Wildman–Crippen LogP) is 0.237. The highest BCUT2D eigenvalue weighted by molar-refractivity contribution is 5.67. The average Bonchev–Trinajstić information content (AvgIpc) is 2.31. The lowest BCUT2D eigenvalue weighted by atomic mass is 10.1. The third-order valence-electron chi connectivity index (χ3n) is 2.00. The second kappa shape index (κ2) is 3.57. The molecule has 72 valence electrons. The van der Waals surface area contributed by atoms with E-state index in [0.29, 0.717) is 5.56 Å². The van der Waals surface area contributed by atoms with Gasteiger partial charge in [0.15, 0.2) is 0 Å². The number of carboxylic acids is 1. The van der Waals surface area contributed by atoms with Gasteiger partial charge in [0.05, 0.1) is 18.7 Å². The van der Waals surface area contributed by atoms with Crippen molar-refractivity contribution in [3.8, 4) is 0 Å². The molecule has 2 N–H and O–H groups in total. The number of carboxylic acid groups (broad SMARTS) is 1. The molecule has 0 aliphatic rings. The first kappa shape index (κ1) is 9.73. The van der Waals surface area contributed by atoms with Crippen LogP contribution in [0.5, 0.6) is 0 Å². The van der Waals surface area contributed by atoms with Gasteiger partial charge in [-0.3, -0.25) is 9.48 Å². The third kappa shape index (κ3) is 2.06. The molecule has 0 saturated heterocycles. The van der Waals surface area contributed by atoms with Crippen LogP contribution in [0.25, 0.3) is 0 Å². The van der Waals surface area contributed by atoms with Crippen molar-refractivity contribution >= 4 is 5.97 Å². The third-order valence-corrected chi connectivity index (χ3v) is 2.00. The summed E-state index contributed by atoms with van der Waals surface area (Å²) in [4.78, 5) is 10.3. The molecule has 0 saturated carbocycles. The highest BCUT2D eigenvalue weighted by atomic mass is 16.4. The summed E-state index contributed by atoms with van der Waals surface area (Å²) in [6.07, 6.45) is 0.237. The molecule has 0 aromatic carbocycles. The first-order valence-electron chi connectivity index (χ1n) is 3.90. The van der Waals surface area contributed by atoms with Gasteiger partial charge in [-0.25, -0.2) is 0 Å². The monoisotopic (exact) mass is 184 g/mol. The van der Waals surface area contributed by atoms with E-state index in [0.717, 1.165) is 5.69 Å². The lowest BCUT2D eigenvalue weighted by Crippen LogP contribution is -2.06. The fourth-order valence-corrected chi connectivity index (χ4v) is 1.12. The largest absolute Gasteiger partial charge is 0.481 e. The van der Waals surface area contributed by atoms with Crippen LogP contribution >= 0.6 is 0 Å². The lowest BCUT2D eigenvalue weighted by Gasteiger charge is -2.06. The molecule has 0 fully saturated rings. The van der Waals surface area contributed by atoms with Crippen molar-refractivity contribution in [2.24, 2.45) is 7.05 Å². The highest BCUT2D eigenvalue weighted by Crippen LogP contribution is 2.19. The summed E-state index contributed by atoms with van der Waals surface area (Å²) in [6.45, 7) is 1.79. The van der Waals surface area contributed by atoms with E-state index in [1.54, 1.807) is 18.7 Å². The first-order chi connectivity index (χ1) is 6.02. The van der Waals surface area contributed by atoms with Gasteiger partial charge in [-0.2, -0.15) is 5.10 Å². The number of aromatic nitrogens is 2. The average molecular weight is 184 g/mol. The van der Waals surface area contributed by atoms with E-state index in [2.05, 4.69) is 5.10 Å².